The summed E-state index contributed by atoms with van der Waals surface area (Å²) in [7, 11) is 0. The van der Waals surface area contributed by atoms with E-state index >= 15 is 0 Å². The highest BCUT2D eigenvalue weighted by Crippen LogP contribution is 2.43. The Hall–Kier alpha value is -1.26. The largest absolute Gasteiger partial charge is 0.481 e. The van der Waals surface area contributed by atoms with Crippen LogP contribution < -0.4 is 10.6 Å². The van der Waals surface area contributed by atoms with E-state index in [4.69, 9.17) is 5.11 Å². The van der Waals surface area contributed by atoms with Gasteiger partial charge in [-0.1, -0.05) is 20.3 Å². The van der Waals surface area contributed by atoms with Crippen LogP contribution in [0.3, 0.4) is 0 Å². The van der Waals surface area contributed by atoms with Crippen molar-refractivity contribution in [2.75, 3.05) is 13.1 Å². The molecule has 2 amide bonds. The first-order chi connectivity index (χ1) is 7.95. The third-order valence-electron chi connectivity index (χ3n) is 3.37. The van der Waals surface area contributed by atoms with E-state index in [9.17, 15) is 9.59 Å². The third kappa shape index (κ3) is 5.56. The molecule has 0 saturated heterocycles. The molecular weight excluding hydrogens is 220 g/mol. The predicted molar refractivity (Wildman–Crippen MR) is 64.8 cm³/mol. The van der Waals surface area contributed by atoms with Gasteiger partial charge >= 0.3 is 12.0 Å². The van der Waals surface area contributed by atoms with Crippen molar-refractivity contribution in [1.82, 2.24) is 10.6 Å². The number of amides is 2. The highest BCUT2D eigenvalue weighted by atomic mass is 16.4. The van der Waals surface area contributed by atoms with Crippen molar-refractivity contribution in [1.29, 1.82) is 0 Å². The third-order valence-corrected chi connectivity index (χ3v) is 3.37. The van der Waals surface area contributed by atoms with Crippen LogP contribution in [0.1, 0.15) is 39.5 Å². The molecule has 0 heterocycles. The molecule has 1 atom stereocenters. The minimum Gasteiger partial charge on any atom is -0.481 e. The Bertz CT molecular complexity index is 287. The van der Waals surface area contributed by atoms with Gasteiger partial charge in [0.2, 0.25) is 0 Å². The second kappa shape index (κ2) is 5.89. The zero-order valence-electron chi connectivity index (χ0n) is 10.6. The van der Waals surface area contributed by atoms with Crippen LogP contribution >= 0.6 is 0 Å². The molecule has 1 aliphatic rings. The van der Waals surface area contributed by atoms with Crippen LogP contribution in [0.2, 0.25) is 0 Å². The molecule has 1 unspecified atom stereocenters. The summed E-state index contributed by atoms with van der Waals surface area (Å²) in [5, 5.41) is 14.2. The van der Waals surface area contributed by atoms with E-state index in [1.54, 1.807) is 0 Å². The number of urea groups is 1. The molecule has 98 valence electrons. The van der Waals surface area contributed by atoms with Crippen molar-refractivity contribution in [2.24, 2.45) is 11.3 Å². The summed E-state index contributed by atoms with van der Waals surface area (Å²) in [6, 6.07) is -0.193. The van der Waals surface area contributed by atoms with Crippen molar-refractivity contribution in [3.63, 3.8) is 0 Å². The van der Waals surface area contributed by atoms with Crippen molar-refractivity contribution in [3.8, 4) is 0 Å². The minimum atomic E-state index is -0.815. The average Bonchev–Trinajstić information content (AvgIpc) is 3.00. The van der Waals surface area contributed by atoms with E-state index in [0.29, 0.717) is 18.5 Å². The predicted octanol–water partition coefficient (Wildman–Crippen LogP) is 1.59. The second-order valence-corrected chi connectivity index (χ2v) is 5.25. The van der Waals surface area contributed by atoms with Crippen molar-refractivity contribution >= 4 is 12.0 Å². The van der Waals surface area contributed by atoms with Gasteiger partial charge in [0.05, 0.1) is 0 Å². The van der Waals surface area contributed by atoms with E-state index < -0.39 is 5.97 Å². The van der Waals surface area contributed by atoms with Gasteiger partial charge in [-0.15, -0.1) is 0 Å². The summed E-state index contributed by atoms with van der Waals surface area (Å²) in [4.78, 5) is 22.0. The normalized spacial score (nSPS) is 18.2. The van der Waals surface area contributed by atoms with E-state index in [1.807, 2.05) is 6.92 Å². The Morgan fingerprint density at radius 2 is 2.00 bits per heavy atom. The lowest BCUT2D eigenvalue weighted by molar-refractivity contribution is -0.138. The molecular formula is C12H22N2O3. The van der Waals surface area contributed by atoms with Gasteiger partial charge in [0.1, 0.15) is 0 Å². The zero-order valence-corrected chi connectivity index (χ0v) is 10.6. The maximum atomic E-state index is 11.5. The van der Waals surface area contributed by atoms with Crippen LogP contribution in [0.5, 0.6) is 0 Å². The Kier molecular flexibility index (Phi) is 4.78. The van der Waals surface area contributed by atoms with Gasteiger partial charge in [-0.3, -0.25) is 4.79 Å². The molecule has 0 aliphatic heterocycles. The molecule has 1 saturated carbocycles. The number of nitrogens with one attached hydrogen (secondary N) is 2. The van der Waals surface area contributed by atoms with Gasteiger partial charge in [0.15, 0.2) is 0 Å². The monoisotopic (exact) mass is 242 g/mol. The molecule has 5 heteroatoms. The molecule has 3 N–H and O–H groups in total. The van der Waals surface area contributed by atoms with E-state index in [1.165, 1.54) is 12.8 Å². The summed E-state index contributed by atoms with van der Waals surface area (Å²) in [6.07, 6.45) is 3.20. The molecule has 0 bridgehead atoms. The summed E-state index contributed by atoms with van der Waals surface area (Å²) < 4.78 is 0. The topological polar surface area (TPSA) is 78.4 Å². The maximum absolute atomic E-state index is 11.5. The molecule has 17 heavy (non-hydrogen) atoms. The Morgan fingerprint density at radius 3 is 2.47 bits per heavy atom. The number of carbonyl (C=O) groups excluding carboxylic acids is 1. The number of carboxylic acids is 1. The molecule has 1 fully saturated rings. The molecule has 0 aromatic rings. The molecule has 1 rings (SSSR count). The van der Waals surface area contributed by atoms with Crippen molar-refractivity contribution in [3.05, 3.63) is 0 Å². The zero-order chi connectivity index (χ0) is 12.9. The van der Waals surface area contributed by atoms with Gasteiger partial charge < -0.3 is 15.7 Å². The first kappa shape index (κ1) is 13.8. The van der Waals surface area contributed by atoms with Gasteiger partial charge in [0, 0.05) is 19.5 Å². The van der Waals surface area contributed by atoms with Crippen LogP contribution in [0.25, 0.3) is 0 Å². The Balaban J connectivity index is 2.14. The van der Waals surface area contributed by atoms with Crippen molar-refractivity contribution in [2.45, 2.75) is 39.5 Å². The number of hydrogen-bond acceptors (Lipinski definition) is 2. The summed E-state index contributed by atoms with van der Waals surface area (Å²) in [5.41, 5.74) is 0.294. The Labute approximate surface area is 102 Å². The lowest BCUT2D eigenvalue weighted by Crippen LogP contribution is -2.40. The smallest absolute Gasteiger partial charge is 0.314 e. The van der Waals surface area contributed by atoms with Crippen molar-refractivity contribution < 1.29 is 14.7 Å². The maximum Gasteiger partial charge on any atom is 0.314 e. The van der Waals surface area contributed by atoms with E-state index in [0.717, 1.165) is 6.42 Å². The number of hydrogen-bond donors (Lipinski definition) is 3. The van der Waals surface area contributed by atoms with Crippen LogP contribution in [0, 0.1) is 11.3 Å². The average molecular weight is 242 g/mol. The van der Waals surface area contributed by atoms with Gasteiger partial charge in [0.25, 0.3) is 0 Å². The quantitative estimate of drug-likeness (QED) is 0.634. The molecule has 1 aliphatic carbocycles. The van der Waals surface area contributed by atoms with Crippen LogP contribution in [-0.4, -0.2) is 30.2 Å². The minimum absolute atomic E-state index is 0.00904. The van der Waals surface area contributed by atoms with Crippen LogP contribution in [-0.2, 0) is 4.79 Å². The summed E-state index contributed by atoms with van der Waals surface area (Å²) >= 11 is 0. The lowest BCUT2D eigenvalue weighted by Gasteiger charge is -2.15. The second-order valence-electron chi connectivity index (χ2n) is 5.25. The fourth-order valence-electron chi connectivity index (χ4n) is 1.59. The molecule has 0 spiro atoms. The van der Waals surface area contributed by atoms with E-state index in [2.05, 4.69) is 17.6 Å². The van der Waals surface area contributed by atoms with Gasteiger partial charge in [-0.25, -0.2) is 4.79 Å². The number of rotatable bonds is 7. The number of carboxylic acid groups (broad SMARTS) is 1. The number of aliphatic carboxylic acids is 1. The lowest BCUT2D eigenvalue weighted by atomic mass is 10.0. The Morgan fingerprint density at radius 1 is 1.35 bits per heavy atom. The fourth-order valence-corrected chi connectivity index (χ4v) is 1.59. The highest BCUT2D eigenvalue weighted by molar-refractivity contribution is 5.74. The summed E-state index contributed by atoms with van der Waals surface area (Å²) in [6.45, 7) is 5.20. The number of carbonyl (C=O) groups is 2. The molecule has 0 radical (unpaired) electrons. The van der Waals surface area contributed by atoms with Gasteiger partial charge in [-0.05, 0) is 24.2 Å². The highest BCUT2D eigenvalue weighted by Gasteiger charge is 2.37. The van der Waals surface area contributed by atoms with Crippen LogP contribution in [0.4, 0.5) is 4.79 Å². The summed E-state index contributed by atoms with van der Waals surface area (Å²) in [5.74, 6) is -0.806. The molecule has 0 aromatic heterocycles. The van der Waals surface area contributed by atoms with Gasteiger partial charge in [-0.2, -0.15) is 0 Å². The first-order valence-electron chi connectivity index (χ1n) is 6.19. The fraction of sp³-hybridized carbons (Fsp3) is 0.833. The SMILES string of the molecule is CCC(CNC(=O)NCC1(C)CC1)CC(=O)O. The first-order valence-corrected chi connectivity index (χ1v) is 6.19. The molecule has 5 nitrogen and oxygen atoms in total. The molecule has 0 aromatic carbocycles. The van der Waals surface area contributed by atoms with E-state index in [-0.39, 0.29) is 18.4 Å². The van der Waals surface area contributed by atoms with Crippen LogP contribution in [0.15, 0.2) is 0 Å². The standard InChI is InChI=1S/C12H22N2O3/c1-3-9(6-10(15)16)7-13-11(17)14-8-12(2)4-5-12/h9H,3-8H2,1-2H3,(H,15,16)(H2,13,14,17).